The van der Waals surface area contributed by atoms with Crippen molar-refractivity contribution in [3.8, 4) is 0 Å². The number of likely N-dealkylation sites (tertiary alicyclic amines) is 1. The molecule has 0 aromatic heterocycles. The first-order chi connectivity index (χ1) is 11.0. The summed E-state index contributed by atoms with van der Waals surface area (Å²) in [6, 6.07) is 5.51. The van der Waals surface area contributed by atoms with Gasteiger partial charge in [-0.25, -0.2) is 4.39 Å². The Kier molecular flexibility index (Phi) is 4.61. The predicted molar refractivity (Wildman–Crippen MR) is 76.7 cm³/mol. The summed E-state index contributed by atoms with van der Waals surface area (Å²) >= 11 is 0. The van der Waals surface area contributed by atoms with Crippen LogP contribution in [0.15, 0.2) is 24.3 Å². The van der Waals surface area contributed by atoms with E-state index in [1.165, 1.54) is 32.0 Å². The second-order valence-corrected chi connectivity index (χ2v) is 6.41. The summed E-state index contributed by atoms with van der Waals surface area (Å²) < 4.78 is 53.0. The average Bonchev–Trinajstić information content (AvgIpc) is 2.92. The zero-order chi connectivity index (χ0) is 18.3. The Morgan fingerprint density at radius 3 is 2.21 bits per heavy atom. The van der Waals surface area contributed by atoms with Crippen LogP contribution in [0, 0.1) is 17.7 Å². The van der Waals surface area contributed by atoms with Gasteiger partial charge in [0.05, 0.1) is 17.3 Å². The van der Waals surface area contributed by atoms with E-state index in [-0.39, 0.29) is 5.56 Å². The summed E-state index contributed by atoms with van der Waals surface area (Å²) in [7, 11) is 0. The molecular formula is C16H17F4NO3. The molecule has 1 aromatic rings. The fraction of sp³-hybridized carbons (Fsp3) is 0.500. The van der Waals surface area contributed by atoms with Gasteiger partial charge in [0, 0.05) is 18.7 Å². The number of carbonyl (C=O) groups excluding carboxylic acids is 1. The maximum atomic E-state index is 14.0. The van der Waals surface area contributed by atoms with E-state index in [1.54, 1.807) is 0 Å². The van der Waals surface area contributed by atoms with Crippen LogP contribution in [0.4, 0.5) is 17.6 Å². The monoisotopic (exact) mass is 347 g/mol. The van der Waals surface area contributed by atoms with Gasteiger partial charge in [0.2, 0.25) is 5.91 Å². The summed E-state index contributed by atoms with van der Waals surface area (Å²) in [5.41, 5.74) is -1.35. The molecule has 0 spiro atoms. The molecule has 0 aliphatic carbocycles. The molecule has 132 valence electrons. The summed E-state index contributed by atoms with van der Waals surface area (Å²) in [6.07, 6.45) is -4.72. The van der Waals surface area contributed by atoms with Gasteiger partial charge in [-0.05, 0) is 19.9 Å². The summed E-state index contributed by atoms with van der Waals surface area (Å²) in [5.74, 6) is -6.82. The molecule has 0 unspecified atom stereocenters. The number of rotatable bonds is 3. The molecule has 0 radical (unpaired) electrons. The molecular weight excluding hydrogens is 330 g/mol. The molecule has 1 aliphatic rings. The Morgan fingerprint density at radius 1 is 1.17 bits per heavy atom. The summed E-state index contributed by atoms with van der Waals surface area (Å²) in [5, 5.41) is 9.01. The van der Waals surface area contributed by atoms with E-state index in [9.17, 15) is 27.2 Å². The highest BCUT2D eigenvalue weighted by Gasteiger charge is 2.54. The number of benzene rings is 1. The first kappa shape index (κ1) is 18.2. The molecule has 2 rings (SSSR count). The molecule has 1 fully saturated rings. The molecule has 1 aromatic carbocycles. The number of aliphatic carboxylic acids is 1. The first-order valence-electron chi connectivity index (χ1n) is 7.30. The molecule has 1 amide bonds. The van der Waals surface area contributed by atoms with Crippen molar-refractivity contribution in [2.45, 2.75) is 25.4 Å². The van der Waals surface area contributed by atoms with E-state index in [2.05, 4.69) is 0 Å². The van der Waals surface area contributed by atoms with Crippen LogP contribution >= 0.6 is 0 Å². The minimum Gasteiger partial charge on any atom is -0.481 e. The highest BCUT2D eigenvalue weighted by molar-refractivity contribution is 5.88. The van der Waals surface area contributed by atoms with Gasteiger partial charge >= 0.3 is 12.1 Å². The summed E-state index contributed by atoms with van der Waals surface area (Å²) in [4.78, 5) is 24.6. The van der Waals surface area contributed by atoms with Crippen molar-refractivity contribution in [1.29, 1.82) is 0 Å². The topological polar surface area (TPSA) is 57.6 Å². The minimum absolute atomic E-state index is 0.0531. The van der Waals surface area contributed by atoms with Crippen LogP contribution in [0.1, 0.15) is 19.4 Å². The maximum Gasteiger partial charge on any atom is 0.394 e. The molecule has 1 saturated heterocycles. The molecule has 1 N–H and O–H groups in total. The number of amides is 1. The van der Waals surface area contributed by atoms with Gasteiger partial charge in [0.15, 0.2) is 0 Å². The average molecular weight is 347 g/mol. The van der Waals surface area contributed by atoms with Gasteiger partial charge in [-0.3, -0.25) is 9.59 Å². The van der Waals surface area contributed by atoms with Crippen LogP contribution in [0.2, 0.25) is 0 Å². The van der Waals surface area contributed by atoms with Crippen LogP contribution < -0.4 is 0 Å². The highest BCUT2D eigenvalue weighted by Crippen LogP contribution is 2.39. The van der Waals surface area contributed by atoms with Gasteiger partial charge in [-0.2, -0.15) is 13.2 Å². The lowest BCUT2D eigenvalue weighted by molar-refractivity contribution is -0.188. The minimum atomic E-state index is -4.72. The van der Waals surface area contributed by atoms with E-state index in [1.807, 2.05) is 0 Å². The predicted octanol–water partition coefficient (Wildman–Crippen LogP) is 2.82. The quantitative estimate of drug-likeness (QED) is 0.856. The fourth-order valence-electron chi connectivity index (χ4n) is 3.03. The Labute approximate surface area is 136 Å². The Morgan fingerprint density at radius 2 is 1.75 bits per heavy atom. The third kappa shape index (κ3) is 3.22. The van der Waals surface area contributed by atoms with Crippen LogP contribution in [0.5, 0.6) is 0 Å². The number of halogens is 4. The van der Waals surface area contributed by atoms with Gasteiger partial charge in [0.1, 0.15) is 5.82 Å². The second kappa shape index (κ2) is 6.07. The van der Waals surface area contributed by atoms with E-state index in [0.29, 0.717) is 0 Å². The van der Waals surface area contributed by atoms with Gasteiger partial charge in [0.25, 0.3) is 0 Å². The van der Waals surface area contributed by atoms with Crippen molar-refractivity contribution < 1.29 is 32.3 Å². The zero-order valence-electron chi connectivity index (χ0n) is 13.1. The Hall–Kier alpha value is -2.12. The first-order valence-corrected chi connectivity index (χ1v) is 7.30. The molecule has 4 nitrogen and oxygen atoms in total. The normalized spacial score (nSPS) is 21.8. The second-order valence-electron chi connectivity index (χ2n) is 6.41. The van der Waals surface area contributed by atoms with Crippen molar-refractivity contribution in [1.82, 2.24) is 4.90 Å². The van der Waals surface area contributed by atoms with E-state index < -0.39 is 54.2 Å². The van der Waals surface area contributed by atoms with Gasteiger partial charge in [-0.1, -0.05) is 18.2 Å². The van der Waals surface area contributed by atoms with Crippen molar-refractivity contribution in [3.05, 3.63) is 35.6 Å². The van der Waals surface area contributed by atoms with Crippen molar-refractivity contribution in [3.63, 3.8) is 0 Å². The molecule has 24 heavy (non-hydrogen) atoms. The van der Waals surface area contributed by atoms with Crippen LogP contribution in [-0.2, 0) is 15.0 Å². The lowest BCUT2D eigenvalue weighted by Gasteiger charge is -2.30. The number of nitrogens with zero attached hydrogens (tertiary/aromatic N) is 1. The van der Waals surface area contributed by atoms with Gasteiger partial charge < -0.3 is 10.0 Å². The highest BCUT2D eigenvalue weighted by atomic mass is 19.4. The number of alkyl halides is 3. The van der Waals surface area contributed by atoms with Crippen molar-refractivity contribution in [2.75, 3.05) is 13.1 Å². The number of hydrogen-bond acceptors (Lipinski definition) is 2. The number of carboxylic acid groups (broad SMARTS) is 1. The molecule has 1 aliphatic heterocycles. The smallest absolute Gasteiger partial charge is 0.394 e. The number of carbonyl (C=O) groups is 2. The van der Waals surface area contributed by atoms with Crippen molar-refractivity contribution in [2.24, 2.45) is 11.8 Å². The van der Waals surface area contributed by atoms with Gasteiger partial charge in [-0.15, -0.1) is 0 Å². The Bertz CT molecular complexity index is 657. The lowest BCUT2D eigenvalue weighted by Crippen LogP contribution is -2.43. The van der Waals surface area contributed by atoms with Crippen molar-refractivity contribution >= 4 is 11.9 Å². The third-order valence-corrected chi connectivity index (χ3v) is 4.43. The SMILES string of the molecule is CC(C)(C(=O)N1C[C@@H](C(F)(F)F)[C@H](C(=O)O)C1)c1ccccc1F. The van der Waals surface area contributed by atoms with E-state index >= 15 is 0 Å². The molecule has 0 saturated carbocycles. The maximum absolute atomic E-state index is 14.0. The third-order valence-electron chi connectivity index (χ3n) is 4.43. The largest absolute Gasteiger partial charge is 0.481 e. The number of carboxylic acids is 1. The molecule has 1 heterocycles. The van der Waals surface area contributed by atoms with Crippen LogP contribution in [0.25, 0.3) is 0 Å². The van der Waals surface area contributed by atoms with E-state index in [4.69, 9.17) is 5.11 Å². The van der Waals surface area contributed by atoms with Crippen LogP contribution in [-0.4, -0.2) is 41.1 Å². The number of hydrogen-bond donors (Lipinski definition) is 1. The Balaban J connectivity index is 2.30. The van der Waals surface area contributed by atoms with E-state index in [0.717, 1.165) is 11.0 Å². The zero-order valence-corrected chi connectivity index (χ0v) is 13.1. The molecule has 8 heteroatoms. The lowest BCUT2D eigenvalue weighted by atomic mass is 9.83. The molecule has 2 atom stereocenters. The standard InChI is InChI=1S/C16H17F4NO3/c1-15(2,10-5-3-4-6-12(10)17)14(24)21-7-9(13(22)23)11(8-21)16(18,19)20/h3-6,9,11H,7-8H2,1-2H3,(H,22,23)/t9-,11-/m1/s1. The summed E-state index contributed by atoms with van der Waals surface area (Å²) in [6.45, 7) is 1.53. The fourth-order valence-corrected chi connectivity index (χ4v) is 3.03. The van der Waals surface area contributed by atoms with Crippen LogP contribution in [0.3, 0.4) is 0 Å². The molecule has 0 bridgehead atoms.